The Labute approximate surface area is 156 Å². The van der Waals surface area contributed by atoms with E-state index in [0.29, 0.717) is 25.1 Å². The highest BCUT2D eigenvalue weighted by molar-refractivity contribution is 5.78. The monoisotopic (exact) mass is 386 g/mol. The first kappa shape index (κ1) is 20.9. The van der Waals surface area contributed by atoms with Crippen LogP contribution < -0.4 is 15.8 Å². The van der Waals surface area contributed by atoms with Crippen molar-refractivity contribution in [3.8, 4) is 5.75 Å². The van der Waals surface area contributed by atoms with Crippen LogP contribution in [0.1, 0.15) is 37.7 Å². The first-order chi connectivity index (χ1) is 12.8. The molecule has 27 heavy (non-hydrogen) atoms. The number of aliphatic imine (C=N–C) groups is 1. The lowest BCUT2D eigenvalue weighted by Gasteiger charge is -2.20. The molecule has 0 radical (unpaired) electrons. The van der Waals surface area contributed by atoms with Crippen LogP contribution in [-0.4, -0.2) is 42.8 Å². The number of nitrogens with two attached hydrogens (primary N) is 1. The van der Waals surface area contributed by atoms with Crippen molar-refractivity contribution < 1.29 is 22.7 Å². The molecule has 2 rings (SSSR count). The van der Waals surface area contributed by atoms with Gasteiger partial charge >= 0.3 is 6.36 Å². The van der Waals surface area contributed by atoms with E-state index in [1.54, 1.807) is 0 Å². The lowest BCUT2D eigenvalue weighted by atomic mass is 10.2. The summed E-state index contributed by atoms with van der Waals surface area (Å²) in [7, 11) is 0. The largest absolute Gasteiger partial charge is 0.573 e. The summed E-state index contributed by atoms with van der Waals surface area (Å²) < 4.78 is 40.2. The van der Waals surface area contributed by atoms with Gasteiger partial charge in [0, 0.05) is 26.1 Å². The van der Waals surface area contributed by atoms with Gasteiger partial charge in [0.25, 0.3) is 0 Å². The maximum absolute atomic E-state index is 12.1. The van der Waals surface area contributed by atoms with Gasteiger partial charge in [0.15, 0.2) is 5.96 Å². The van der Waals surface area contributed by atoms with E-state index in [1.807, 2.05) is 4.90 Å². The van der Waals surface area contributed by atoms with Gasteiger partial charge in [0.1, 0.15) is 5.75 Å². The second-order valence-electron chi connectivity index (χ2n) is 6.36. The van der Waals surface area contributed by atoms with Crippen molar-refractivity contribution in [2.75, 3.05) is 19.6 Å². The zero-order valence-corrected chi connectivity index (χ0v) is 15.1. The number of hydrogen-bond acceptors (Lipinski definition) is 3. The number of ether oxygens (including phenoxy) is 1. The Morgan fingerprint density at radius 2 is 1.96 bits per heavy atom. The summed E-state index contributed by atoms with van der Waals surface area (Å²) in [6, 6.07) is 5.48. The van der Waals surface area contributed by atoms with Crippen molar-refractivity contribution >= 4 is 11.9 Å². The van der Waals surface area contributed by atoms with Crippen LogP contribution >= 0.6 is 0 Å². The summed E-state index contributed by atoms with van der Waals surface area (Å²) in [5.74, 6) is 0.198. The van der Waals surface area contributed by atoms with Crippen molar-refractivity contribution in [1.29, 1.82) is 0 Å². The minimum Gasteiger partial charge on any atom is -0.406 e. The first-order valence-electron chi connectivity index (χ1n) is 9.00. The number of nitrogens with one attached hydrogen (secondary N) is 1. The minimum absolute atomic E-state index is 0.215. The molecule has 0 unspecified atom stereocenters. The molecule has 1 amide bonds. The number of likely N-dealkylation sites (tertiary alicyclic amines) is 1. The summed E-state index contributed by atoms with van der Waals surface area (Å²) in [5, 5.41) is 2.98. The van der Waals surface area contributed by atoms with Gasteiger partial charge in [-0.2, -0.15) is 0 Å². The van der Waals surface area contributed by atoms with E-state index in [2.05, 4.69) is 15.0 Å². The molecule has 1 fully saturated rings. The van der Waals surface area contributed by atoms with Gasteiger partial charge in [-0.05, 0) is 37.0 Å². The molecule has 0 bridgehead atoms. The number of carbonyl (C=O) groups excluding carboxylic acids is 1. The van der Waals surface area contributed by atoms with Crippen LogP contribution in [0.5, 0.6) is 5.75 Å². The number of halogens is 3. The summed E-state index contributed by atoms with van der Waals surface area (Å²) in [4.78, 5) is 17.9. The smallest absolute Gasteiger partial charge is 0.406 e. The van der Waals surface area contributed by atoms with E-state index in [-0.39, 0.29) is 24.2 Å². The minimum atomic E-state index is -4.70. The Morgan fingerprint density at radius 1 is 1.22 bits per heavy atom. The SMILES string of the molecule is NC(=NCc1ccc(OC(F)(F)F)cc1)NCCCN1CCCCCC1=O. The Morgan fingerprint density at radius 3 is 2.67 bits per heavy atom. The van der Waals surface area contributed by atoms with E-state index < -0.39 is 6.36 Å². The van der Waals surface area contributed by atoms with Crippen LogP contribution in [0, 0.1) is 0 Å². The van der Waals surface area contributed by atoms with Gasteiger partial charge in [0.2, 0.25) is 5.91 Å². The van der Waals surface area contributed by atoms with Crippen LogP contribution in [0.2, 0.25) is 0 Å². The molecule has 0 aromatic heterocycles. The molecule has 1 aromatic carbocycles. The van der Waals surface area contributed by atoms with E-state index >= 15 is 0 Å². The predicted octanol–water partition coefficient (Wildman–Crippen LogP) is 2.78. The van der Waals surface area contributed by atoms with Crippen molar-refractivity contribution in [3.05, 3.63) is 29.8 Å². The molecule has 9 heteroatoms. The van der Waals surface area contributed by atoms with Gasteiger partial charge < -0.3 is 20.7 Å². The number of alkyl halides is 3. The Bertz CT molecular complexity index is 632. The molecule has 1 aliphatic rings. The zero-order valence-electron chi connectivity index (χ0n) is 15.1. The van der Waals surface area contributed by atoms with Gasteiger partial charge in [-0.3, -0.25) is 4.79 Å². The van der Waals surface area contributed by atoms with Crippen molar-refractivity contribution in [2.24, 2.45) is 10.7 Å². The molecule has 3 N–H and O–H groups in total. The number of carbonyl (C=O) groups is 1. The fourth-order valence-electron chi connectivity index (χ4n) is 2.79. The third-order valence-corrected chi connectivity index (χ3v) is 4.17. The maximum Gasteiger partial charge on any atom is 0.573 e. The Balaban J connectivity index is 1.69. The lowest BCUT2D eigenvalue weighted by Crippen LogP contribution is -2.36. The molecule has 1 saturated heterocycles. The number of amides is 1. The second-order valence-corrected chi connectivity index (χ2v) is 6.36. The van der Waals surface area contributed by atoms with E-state index in [0.717, 1.165) is 32.2 Å². The maximum atomic E-state index is 12.1. The first-order valence-corrected chi connectivity index (χ1v) is 9.00. The van der Waals surface area contributed by atoms with E-state index in [9.17, 15) is 18.0 Å². The number of benzene rings is 1. The summed E-state index contributed by atoms with van der Waals surface area (Å²) >= 11 is 0. The molecule has 0 spiro atoms. The molecular formula is C18H25F3N4O2. The molecule has 0 atom stereocenters. The molecule has 6 nitrogen and oxygen atoms in total. The Hall–Kier alpha value is -2.45. The second kappa shape index (κ2) is 10.0. The molecule has 0 aliphatic carbocycles. The topological polar surface area (TPSA) is 80.0 Å². The highest BCUT2D eigenvalue weighted by Gasteiger charge is 2.30. The fraction of sp³-hybridized carbons (Fsp3) is 0.556. The lowest BCUT2D eigenvalue weighted by molar-refractivity contribution is -0.274. The molecule has 1 aliphatic heterocycles. The van der Waals surface area contributed by atoms with E-state index in [1.165, 1.54) is 24.3 Å². The summed E-state index contributed by atoms with van der Waals surface area (Å²) in [6.45, 7) is 2.35. The predicted molar refractivity (Wildman–Crippen MR) is 96.1 cm³/mol. The van der Waals surface area contributed by atoms with Crippen molar-refractivity contribution in [3.63, 3.8) is 0 Å². The molecule has 150 valence electrons. The third kappa shape index (κ3) is 8.19. The van der Waals surface area contributed by atoms with Gasteiger partial charge in [0.05, 0.1) is 6.54 Å². The van der Waals surface area contributed by atoms with Gasteiger partial charge in [-0.25, -0.2) is 4.99 Å². The molecule has 0 saturated carbocycles. The number of rotatable bonds is 7. The van der Waals surface area contributed by atoms with Crippen LogP contribution in [0.15, 0.2) is 29.3 Å². The average Bonchev–Trinajstić information content (AvgIpc) is 2.81. The summed E-state index contributed by atoms with van der Waals surface area (Å²) in [5.41, 5.74) is 6.50. The third-order valence-electron chi connectivity index (χ3n) is 4.17. The standard InChI is InChI=1S/C18H25F3N4O2/c19-18(20,21)27-15-8-6-14(7-9-15)13-24-17(22)23-10-4-12-25-11-3-1-2-5-16(25)26/h6-9H,1-5,10-13H2,(H3,22,23,24). The zero-order chi connectivity index (χ0) is 19.7. The number of guanidine groups is 1. The van der Waals surface area contributed by atoms with Crippen LogP contribution in [0.25, 0.3) is 0 Å². The average molecular weight is 386 g/mol. The number of nitrogens with zero attached hydrogens (tertiary/aromatic N) is 2. The van der Waals surface area contributed by atoms with Crippen molar-refractivity contribution in [1.82, 2.24) is 10.2 Å². The molecular weight excluding hydrogens is 361 g/mol. The Kier molecular flexibility index (Phi) is 7.75. The molecule has 1 heterocycles. The fourth-order valence-corrected chi connectivity index (χ4v) is 2.79. The van der Waals surface area contributed by atoms with Gasteiger partial charge in [-0.1, -0.05) is 18.6 Å². The van der Waals surface area contributed by atoms with Crippen LogP contribution in [0.3, 0.4) is 0 Å². The highest BCUT2D eigenvalue weighted by atomic mass is 19.4. The van der Waals surface area contributed by atoms with Crippen LogP contribution in [0.4, 0.5) is 13.2 Å². The van der Waals surface area contributed by atoms with Crippen LogP contribution in [-0.2, 0) is 11.3 Å². The van der Waals surface area contributed by atoms with Gasteiger partial charge in [-0.15, -0.1) is 13.2 Å². The molecule has 1 aromatic rings. The number of hydrogen-bond donors (Lipinski definition) is 2. The highest BCUT2D eigenvalue weighted by Crippen LogP contribution is 2.22. The summed E-state index contributed by atoms with van der Waals surface area (Å²) in [6.07, 6.45) is -0.184. The quantitative estimate of drug-likeness (QED) is 0.429. The van der Waals surface area contributed by atoms with Crippen molar-refractivity contribution in [2.45, 2.75) is 45.0 Å². The normalized spacial score (nSPS) is 16.2. The van der Waals surface area contributed by atoms with E-state index in [4.69, 9.17) is 5.73 Å².